The fraction of sp³-hybridized carbons (Fsp3) is 0.0769. The molecule has 1 heterocycles. The van der Waals surface area contributed by atoms with E-state index in [1.165, 1.54) is 0 Å². The van der Waals surface area contributed by atoms with Crippen molar-refractivity contribution >= 4 is 11.6 Å². The molecule has 86 valence electrons. The minimum Gasteiger partial charge on any atom is -0.495 e. The molecule has 0 aliphatic heterocycles. The molecule has 0 unspecified atom stereocenters. The van der Waals surface area contributed by atoms with Crippen molar-refractivity contribution in [2.24, 2.45) is 0 Å². The second kappa shape index (κ2) is 5.12. The Morgan fingerprint density at radius 1 is 1.18 bits per heavy atom. The summed E-state index contributed by atoms with van der Waals surface area (Å²) in [6, 6.07) is 12.4. The van der Waals surface area contributed by atoms with Gasteiger partial charge >= 0.3 is 0 Å². The fourth-order valence-electron chi connectivity index (χ4n) is 1.43. The minimum atomic E-state index is -0.255. The molecule has 0 spiro atoms. The first-order chi connectivity index (χ1) is 8.31. The van der Waals surface area contributed by atoms with Crippen molar-refractivity contribution in [2.75, 3.05) is 12.4 Å². The number of rotatable bonds is 3. The van der Waals surface area contributed by atoms with E-state index in [2.05, 4.69) is 10.3 Å². The summed E-state index contributed by atoms with van der Waals surface area (Å²) in [5.41, 5.74) is 1.00. The molecule has 0 saturated heterocycles. The van der Waals surface area contributed by atoms with Gasteiger partial charge in [0.2, 0.25) is 0 Å². The zero-order chi connectivity index (χ0) is 12.1. The van der Waals surface area contributed by atoms with Gasteiger partial charge in [0.25, 0.3) is 5.91 Å². The molecule has 0 bridgehead atoms. The van der Waals surface area contributed by atoms with Crippen LogP contribution < -0.4 is 10.1 Å². The van der Waals surface area contributed by atoms with Crippen LogP contribution in [0.15, 0.2) is 48.7 Å². The highest BCUT2D eigenvalue weighted by molar-refractivity contribution is 6.03. The second-order valence-corrected chi connectivity index (χ2v) is 3.37. The fourth-order valence-corrected chi connectivity index (χ4v) is 1.43. The highest BCUT2D eigenvalue weighted by atomic mass is 16.5. The van der Waals surface area contributed by atoms with Gasteiger partial charge in [0.05, 0.1) is 12.8 Å². The van der Waals surface area contributed by atoms with E-state index in [-0.39, 0.29) is 5.91 Å². The van der Waals surface area contributed by atoms with Crippen LogP contribution in [0.3, 0.4) is 0 Å². The quantitative estimate of drug-likeness (QED) is 0.877. The average Bonchev–Trinajstić information content (AvgIpc) is 2.40. The SMILES string of the molecule is COc1ccccc1NC(=O)c1ccccn1. The predicted octanol–water partition coefficient (Wildman–Crippen LogP) is 2.34. The van der Waals surface area contributed by atoms with Crippen LogP contribution in [0.2, 0.25) is 0 Å². The van der Waals surface area contributed by atoms with Crippen LogP contribution in [0.1, 0.15) is 10.5 Å². The van der Waals surface area contributed by atoms with Gasteiger partial charge in [-0.15, -0.1) is 0 Å². The molecule has 4 heteroatoms. The number of ether oxygens (including phenoxy) is 1. The van der Waals surface area contributed by atoms with E-state index >= 15 is 0 Å². The molecule has 1 amide bonds. The molecule has 2 aromatic rings. The maximum atomic E-state index is 11.9. The summed E-state index contributed by atoms with van der Waals surface area (Å²) in [4.78, 5) is 15.8. The van der Waals surface area contributed by atoms with E-state index in [1.807, 2.05) is 12.1 Å². The standard InChI is InChI=1S/C13H12N2O2/c1-17-12-8-3-2-6-10(12)15-13(16)11-7-4-5-9-14-11/h2-9H,1H3,(H,15,16). The van der Waals surface area contributed by atoms with E-state index < -0.39 is 0 Å². The number of nitrogens with one attached hydrogen (secondary N) is 1. The topological polar surface area (TPSA) is 51.2 Å². The Morgan fingerprint density at radius 3 is 2.65 bits per heavy atom. The van der Waals surface area contributed by atoms with Crippen molar-refractivity contribution in [3.05, 3.63) is 54.4 Å². The molecule has 0 radical (unpaired) electrons. The van der Waals surface area contributed by atoms with Crippen LogP contribution >= 0.6 is 0 Å². The molecule has 1 N–H and O–H groups in total. The average molecular weight is 228 g/mol. The predicted molar refractivity (Wildman–Crippen MR) is 65.2 cm³/mol. The van der Waals surface area contributed by atoms with Crippen molar-refractivity contribution in [3.63, 3.8) is 0 Å². The molecule has 0 saturated carbocycles. The number of carbonyl (C=O) groups is 1. The van der Waals surface area contributed by atoms with Crippen LogP contribution in [0.5, 0.6) is 5.75 Å². The molecule has 17 heavy (non-hydrogen) atoms. The van der Waals surface area contributed by atoms with Crippen molar-refractivity contribution in [1.82, 2.24) is 4.98 Å². The van der Waals surface area contributed by atoms with E-state index in [4.69, 9.17) is 4.74 Å². The molecular formula is C13H12N2O2. The first-order valence-corrected chi connectivity index (χ1v) is 5.16. The molecule has 1 aromatic heterocycles. The molecule has 2 rings (SSSR count). The monoisotopic (exact) mass is 228 g/mol. The maximum Gasteiger partial charge on any atom is 0.274 e. The number of hydrogen-bond donors (Lipinski definition) is 1. The smallest absolute Gasteiger partial charge is 0.274 e. The Labute approximate surface area is 99.3 Å². The van der Waals surface area contributed by atoms with Gasteiger partial charge < -0.3 is 10.1 Å². The van der Waals surface area contributed by atoms with E-state index in [9.17, 15) is 4.79 Å². The van der Waals surface area contributed by atoms with Crippen molar-refractivity contribution < 1.29 is 9.53 Å². The number of carbonyl (C=O) groups excluding carboxylic acids is 1. The largest absolute Gasteiger partial charge is 0.495 e. The number of aromatic nitrogens is 1. The molecule has 0 fully saturated rings. The van der Waals surface area contributed by atoms with Gasteiger partial charge in [0.1, 0.15) is 11.4 Å². The van der Waals surface area contributed by atoms with Gasteiger partial charge in [-0.25, -0.2) is 0 Å². The molecule has 0 aliphatic rings. The van der Waals surface area contributed by atoms with E-state index in [0.717, 1.165) is 0 Å². The third-order valence-electron chi connectivity index (χ3n) is 2.25. The first-order valence-electron chi connectivity index (χ1n) is 5.16. The summed E-state index contributed by atoms with van der Waals surface area (Å²) in [6.45, 7) is 0. The van der Waals surface area contributed by atoms with Crippen molar-refractivity contribution in [2.45, 2.75) is 0 Å². The normalized spacial score (nSPS) is 9.71. The number of nitrogens with zero attached hydrogens (tertiary/aromatic N) is 1. The van der Waals surface area contributed by atoms with Crippen LogP contribution in [0, 0.1) is 0 Å². The van der Waals surface area contributed by atoms with Crippen LogP contribution in [-0.4, -0.2) is 18.0 Å². The van der Waals surface area contributed by atoms with Gasteiger partial charge in [-0.05, 0) is 24.3 Å². The maximum absolute atomic E-state index is 11.9. The van der Waals surface area contributed by atoms with Gasteiger partial charge in [0, 0.05) is 6.20 Å². The van der Waals surface area contributed by atoms with Gasteiger partial charge in [-0.3, -0.25) is 9.78 Å². The third kappa shape index (κ3) is 2.60. The number of pyridine rings is 1. The summed E-state index contributed by atoms with van der Waals surface area (Å²) in [5.74, 6) is 0.367. The zero-order valence-electron chi connectivity index (χ0n) is 9.38. The Bertz CT molecular complexity index is 512. The number of hydrogen-bond acceptors (Lipinski definition) is 3. The summed E-state index contributed by atoms with van der Waals surface area (Å²) in [7, 11) is 1.56. The minimum absolute atomic E-state index is 0.255. The van der Waals surface area contributed by atoms with Gasteiger partial charge in [-0.2, -0.15) is 0 Å². The lowest BCUT2D eigenvalue weighted by atomic mass is 10.2. The number of anilines is 1. The third-order valence-corrected chi connectivity index (χ3v) is 2.25. The second-order valence-electron chi connectivity index (χ2n) is 3.37. The Morgan fingerprint density at radius 2 is 1.94 bits per heavy atom. The van der Waals surface area contributed by atoms with Crippen molar-refractivity contribution in [3.8, 4) is 5.75 Å². The number of amides is 1. The summed E-state index contributed by atoms with van der Waals surface area (Å²) in [5, 5.41) is 2.75. The molecule has 0 aliphatic carbocycles. The van der Waals surface area contributed by atoms with Gasteiger partial charge in [-0.1, -0.05) is 18.2 Å². The Balaban J connectivity index is 2.19. The number of benzene rings is 1. The Hall–Kier alpha value is -2.36. The first kappa shape index (κ1) is 11.1. The Kier molecular flexibility index (Phi) is 3.35. The van der Waals surface area contributed by atoms with Crippen LogP contribution in [0.4, 0.5) is 5.69 Å². The number of methoxy groups -OCH3 is 1. The summed E-state index contributed by atoms with van der Waals surface area (Å²) < 4.78 is 5.15. The molecule has 1 aromatic carbocycles. The van der Waals surface area contributed by atoms with Crippen LogP contribution in [0.25, 0.3) is 0 Å². The van der Waals surface area contributed by atoms with E-state index in [0.29, 0.717) is 17.1 Å². The van der Waals surface area contributed by atoms with E-state index in [1.54, 1.807) is 43.6 Å². The zero-order valence-corrected chi connectivity index (χ0v) is 9.38. The molecular weight excluding hydrogens is 216 g/mol. The lowest BCUT2D eigenvalue weighted by molar-refractivity contribution is 0.102. The number of para-hydroxylation sites is 2. The lowest BCUT2D eigenvalue weighted by Crippen LogP contribution is -2.13. The summed E-state index contributed by atoms with van der Waals surface area (Å²) in [6.07, 6.45) is 1.58. The highest BCUT2D eigenvalue weighted by Gasteiger charge is 2.09. The van der Waals surface area contributed by atoms with Crippen molar-refractivity contribution in [1.29, 1.82) is 0 Å². The molecule has 0 atom stereocenters. The van der Waals surface area contributed by atoms with Gasteiger partial charge in [0.15, 0.2) is 0 Å². The van der Waals surface area contributed by atoms with Crippen LogP contribution in [-0.2, 0) is 0 Å². The lowest BCUT2D eigenvalue weighted by Gasteiger charge is -2.09. The highest BCUT2D eigenvalue weighted by Crippen LogP contribution is 2.23. The molecule has 4 nitrogen and oxygen atoms in total. The summed E-state index contributed by atoms with van der Waals surface area (Å²) >= 11 is 0.